The highest BCUT2D eigenvalue weighted by Crippen LogP contribution is 2.16. The average Bonchev–Trinajstić information content (AvgIpc) is 3.42. The van der Waals surface area contributed by atoms with Gasteiger partial charge in [0.05, 0.1) is 0 Å². The SMILES string of the molecule is CC/C=C\C/C=C\C/C=C\C/C=C\C/C=C\C/C=C\CCCCCCCCC(=O)OCC(COC(=O)CCCC/C=C\C/C=C\C/C=C\C/C=C\CC)OC(=O)CCCCCCCCCCCCCCCCCCCC. The lowest BCUT2D eigenvalue weighted by Gasteiger charge is -2.18. The highest BCUT2D eigenvalue weighted by Gasteiger charge is 2.19. The van der Waals surface area contributed by atoms with Gasteiger partial charge < -0.3 is 14.2 Å². The van der Waals surface area contributed by atoms with E-state index in [-0.39, 0.29) is 31.1 Å². The largest absolute Gasteiger partial charge is 0.462 e. The van der Waals surface area contributed by atoms with Crippen LogP contribution >= 0.6 is 0 Å². The molecule has 0 saturated heterocycles. The summed E-state index contributed by atoms with van der Waals surface area (Å²) in [5.74, 6) is -0.949. The van der Waals surface area contributed by atoms with Gasteiger partial charge in [-0.2, -0.15) is 0 Å². The molecule has 6 heteroatoms. The fourth-order valence-corrected chi connectivity index (χ4v) is 8.56. The quantitative estimate of drug-likeness (QED) is 0.0261. The van der Waals surface area contributed by atoms with Gasteiger partial charge in [0.25, 0.3) is 0 Å². The molecule has 6 nitrogen and oxygen atoms in total. The zero-order valence-corrected chi connectivity index (χ0v) is 49.5. The summed E-state index contributed by atoms with van der Waals surface area (Å²) < 4.78 is 16.9. The molecule has 0 amide bonds. The van der Waals surface area contributed by atoms with Crippen LogP contribution in [0.15, 0.2) is 122 Å². The molecule has 1 atom stereocenters. The van der Waals surface area contributed by atoms with Crippen LogP contribution in [-0.4, -0.2) is 37.2 Å². The fourth-order valence-electron chi connectivity index (χ4n) is 8.56. The van der Waals surface area contributed by atoms with E-state index in [1.807, 2.05) is 0 Å². The predicted octanol–water partition coefficient (Wildman–Crippen LogP) is 21.6. The summed E-state index contributed by atoms with van der Waals surface area (Å²) >= 11 is 0. The molecule has 76 heavy (non-hydrogen) atoms. The summed E-state index contributed by atoms with van der Waals surface area (Å²) in [7, 11) is 0. The summed E-state index contributed by atoms with van der Waals surface area (Å²) in [4.78, 5) is 38.3. The summed E-state index contributed by atoms with van der Waals surface area (Å²) in [5, 5.41) is 0. The minimum Gasteiger partial charge on any atom is -0.462 e. The van der Waals surface area contributed by atoms with Crippen LogP contribution in [0.25, 0.3) is 0 Å². The van der Waals surface area contributed by atoms with Crippen molar-refractivity contribution in [1.82, 2.24) is 0 Å². The monoisotopic (exact) mass is 1050 g/mol. The van der Waals surface area contributed by atoms with Crippen molar-refractivity contribution in [3.8, 4) is 0 Å². The summed E-state index contributed by atoms with van der Waals surface area (Å²) in [5.41, 5.74) is 0. The highest BCUT2D eigenvalue weighted by atomic mass is 16.6. The van der Waals surface area contributed by atoms with Gasteiger partial charge in [0, 0.05) is 19.3 Å². The van der Waals surface area contributed by atoms with Gasteiger partial charge in [0.15, 0.2) is 6.10 Å². The van der Waals surface area contributed by atoms with E-state index in [0.717, 1.165) is 135 Å². The van der Waals surface area contributed by atoms with Gasteiger partial charge in [-0.25, -0.2) is 0 Å². The number of carbonyl (C=O) groups is 3. The maximum atomic E-state index is 12.9. The van der Waals surface area contributed by atoms with E-state index in [1.54, 1.807) is 0 Å². The number of esters is 3. The van der Waals surface area contributed by atoms with Gasteiger partial charge in [-0.15, -0.1) is 0 Å². The van der Waals surface area contributed by atoms with Crippen LogP contribution in [0.2, 0.25) is 0 Å². The van der Waals surface area contributed by atoms with Gasteiger partial charge in [-0.05, 0) is 109 Å². The number of unbranched alkanes of at least 4 members (excludes halogenated alkanes) is 25. The number of rotatable bonds is 56. The summed E-state index contributed by atoms with van der Waals surface area (Å²) in [6, 6.07) is 0. The number of allylic oxidation sites excluding steroid dienone is 20. The van der Waals surface area contributed by atoms with Gasteiger partial charge in [-0.3, -0.25) is 14.4 Å². The molecule has 0 aromatic heterocycles. The number of hydrogen-bond acceptors (Lipinski definition) is 6. The summed E-state index contributed by atoms with van der Waals surface area (Å²) in [6.45, 7) is 6.38. The van der Waals surface area contributed by atoms with E-state index in [9.17, 15) is 14.4 Å². The van der Waals surface area contributed by atoms with E-state index in [1.165, 1.54) is 109 Å². The molecule has 0 aliphatic carbocycles. The molecule has 0 rings (SSSR count). The van der Waals surface area contributed by atoms with Crippen LogP contribution < -0.4 is 0 Å². The van der Waals surface area contributed by atoms with Crippen molar-refractivity contribution in [2.45, 2.75) is 290 Å². The Balaban J connectivity index is 4.43. The number of hydrogen-bond donors (Lipinski definition) is 0. The Morgan fingerprint density at radius 2 is 0.513 bits per heavy atom. The minimum atomic E-state index is -0.804. The van der Waals surface area contributed by atoms with Crippen LogP contribution in [0.4, 0.5) is 0 Å². The maximum absolute atomic E-state index is 12.9. The van der Waals surface area contributed by atoms with Crippen LogP contribution in [0.1, 0.15) is 284 Å². The van der Waals surface area contributed by atoms with Crippen LogP contribution in [0.5, 0.6) is 0 Å². The van der Waals surface area contributed by atoms with E-state index < -0.39 is 6.10 Å². The van der Waals surface area contributed by atoms with Crippen molar-refractivity contribution in [3.05, 3.63) is 122 Å². The first kappa shape index (κ1) is 71.8. The molecular weight excluding hydrogens is 937 g/mol. The molecule has 0 radical (unpaired) electrons. The van der Waals surface area contributed by atoms with Crippen molar-refractivity contribution in [2.75, 3.05) is 13.2 Å². The molecule has 0 spiro atoms. The smallest absolute Gasteiger partial charge is 0.306 e. The molecule has 432 valence electrons. The third kappa shape index (κ3) is 60.7. The fraction of sp³-hybridized carbons (Fsp3) is 0.671. The lowest BCUT2D eigenvalue weighted by molar-refractivity contribution is -0.167. The van der Waals surface area contributed by atoms with E-state index in [2.05, 4.69) is 142 Å². The summed E-state index contributed by atoms with van der Waals surface area (Å²) in [6.07, 6.45) is 87.7. The normalized spacial score (nSPS) is 12.9. The molecule has 0 fully saturated rings. The second-order valence-corrected chi connectivity index (χ2v) is 20.6. The van der Waals surface area contributed by atoms with Crippen molar-refractivity contribution < 1.29 is 28.6 Å². The van der Waals surface area contributed by atoms with Crippen molar-refractivity contribution in [2.24, 2.45) is 0 Å². The van der Waals surface area contributed by atoms with Crippen molar-refractivity contribution >= 4 is 17.9 Å². The van der Waals surface area contributed by atoms with Crippen molar-refractivity contribution in [1.29, 1.82) is 0 Å². The molecule has 0 aromatic rings. The van der Waals surface area contributed by atoms with Gasteiger partial charge >= 0.3 is 17.9 Å². The maximum Gasteiger partial charge on any atom is 0.306 e. The molecular formula is C70H116O6. The van der Waals surface area contributed by atoms with E-state index >= 15 is 0 Å². The molecule has 0 bridgehead atoms. The molecule has 0 heterocycles. The standard InChI is InChI=1S/C70H116O6/c1-4-7-10-13-16-19-22-25-28-30-32-33-34-35-36-37-38-40-42-45-48-51-54-57-60-63-69(72)75-66-67(65-74-68(71)62-59-56-53-50-47-44-41-27-24-21-18-15-12-9-6-3)76-70(73)64-61-58-55-52-49-46-43-39-31-29-26-23-20-17-14-11-8-5-2/h7,9-10,12,16,18-19,21,25,27-28,32-33,35-36,38,40-41,47,50,67H,4-6,8,11,13-15,17,20,22-24,26,29-31,34,37,39,42-46,48-49,51-66H2,1-3H3/b10-7-,12-9-,19-16-,21-18-,28-25-,33-32-,36-35-,40-38-,41-27-,50-47-. The molecule has 0 saturated carbocycles. The Morgan fingerprint density at radius 1 is 0.276 bits per heavy atom. The van der Waals surface area contributed by atoms with Gasteiger partial charge in [-0.1, -0.05) is 277 Å². The Labute approximate surface area is 469 Å². The number of ether oxygens (including phenoxy) is 3. The lowest BCUT2D eigenvalue weighted by atomic mass is 10.0. The second kappa shape index (κ2) is 63.3. The molecule has 1 unspecified atom stereocenters. The second-order valence-electron chi connectivity index (χ2n) is 20.6. The van der Waals surface area contributed by atoms with Crippen LogP contribution in [0, 0.1) is 0 Å². The number of carbonyl (C=O) groups excluding carboxylic acids is 3. The third-order valence-electron chi connectivity index (χ3n) is 13.2. The molecule has 0 aliphatic rings. The molecule has 0 N–H and O–H groups in total. The first-order valence-corrected chi connectivity index (χ1v) is 31.5. The topological polar surface area (TPSA) is 78.9 Å². The first-order chi connectivity index (χ1) is 37.5. The first-order valence-electron chi connectivity index (χ1n) is 31.5. The Kier molecular flexibility index (Phi) is 59.9. The Bertz CT molecular complexity index is 1590. The Hall–Kier alpha value is -4.19. The van der Waals surface area contributed by atoms with Gasteiger partial charge in [0.1, 0.15) is 13.2 Å². The van der Waals surface area contributed by atoms with Crippen LogP contribution in [-0.2, 0) is 28.6 Å². The average molecular weight is 1050 g/mol. The molecule has 0 aliphatic heterocycles. The van der Waals surface area contributed by atoms with Gasteiger partial charge in [0.2, 0.25) is 0 Å². The predicted molar refractivity (Wildman–Crippen MR) is 330 cm³/mol. The minimum absolute atomic E-state index is 0.0998. The van der Waals surface area contributed by atoms with Crippen molar-refractivity contribution in [3.63, 3.8) is 0 Å². The zero-order valence-electron chi connectivity index (χ0n) is 49.5. The highest BCUT2D eigenvalue weighted by molar-refractivity contribution is 5.71. The van der Waals surface area contributed by atoms with E-state index in [0.29, 0.717) is 19.3 Å². The zero-order chi connectivity index (χ0) is 55.0. The molecule has 0 aromatic carbocycles. The lowest BCUT2D eigenvalue weighted by Crippen LogP contribution is -2.30. The van der Waals surface area contributed by atoms with E-state index in [4.69, 9.17) is 14.2 Å². The van der Waals surface area contributed by atoms with Crippen LogP contribution in [0.3, 0.4) is 0 Å². The Morgan fingerprint density at radius 3 is 0.829 bits per heavy atom. The third-order valence-corrected chi connectivity index (χ3v) is 13.2.